The van der Waals surface area contributed by atoms with Crippen LogP contribution in [0.25, 0.3) is 10.9 Å². The highest BCUT2D eigenvalue weighted by Crippen LogP contribution is 2.33. The van der Waals surface area contributed by atoms with Crippen LogP contribution in [0.3, 0.4) is 0 Å². The van der Waals surface area contributed by atoms with E-state index in [0.717, 1.165) is 55.6 Å². The molecule has 3 fully saturated rings. The van der Waals surface area contributed by atoms with Crippen LogP contribution in [0.2, 0.25) is 0 Å². The Kier molecular flexibility index (Phi) is 3.20. The van der Waals surface area contributed by atoms with Crippen molar-refractivity contribution >= 4 is 16.8 Å². The summed E-state index contributed by atoms with van der Waals surface area (Å²) in [5.74, 6) is 0.307. The lowest BCUT2D eigenvalue weighted by Gasteiger charge is -2.44. The molecule has 3 saturated heterocycles. The van der Waals surface area contributed by atoms with Gasteiger partial charge in [0.15, 0.2) is 0 Å². The van der Waals surface area contributed by atoms with E-state index in [1.807, 2.05) is 6.07 Å². The van der Waals surface area contributed by atoms with Gasteiger partial charge < -0.3 is 14.8 Å². The molecule has 2 aromatic rings. The molecule has 1 atom stereocenters. The number of rotatable bonds is 2. The summed E-state index contributed by atoms with van der Waals surface area (Å²) in [4.78, 5) is 15.5. The van der Waals surface area contributed by atoms with Gasteiger partial charge in [-0.3, -0.25) is 4.79 Å². The maximum Gasteiger partial charge on any atom is 0.254 e. The van der Waals surface area contributed by atoms with E-state index in [0.29, 0.717) is 11.5 Å². The summed E-state index contributed by atoms with van der Waals surface area (Å²) < 4.78 is 16.0. The highest BCUT2D eigenvalue weighted by Gasteiger charge is 2.36. The van der Waals surface area contributed by atoms with Gasteiger partial charge >= 0.3 is 0 Å². The number of halogens is 1. The fourth-order valence-electron chi connectivity index (χ4n) is 4.92. The first-order valence-corrected chi connectivity index (χ1v) is 9.04. The van der Waals surface area contributed by atoms with Crippen LogP contribution in [0.5, 0.6) is 0 Å². The first kappa shape index (κ1) is 14.5. The largest absolute Gasteiger partial charge is 0.348 e. The molecule has 1 aromatic carbocycles. The minimum atomic E-state index is -0.274. The quantitative estimate of drug-likeness (QED) is 0.920. The van der Waals surface area contributed by atoms with E-state index in [1.54, 1.807) is 0 Å². The van der Waals surface area contributed by atoms with Gasteiger partial charge in [0.05, 0.1) is 5.56 Å². The first-order chi connectivity index (χ1) is 11.7. The smallest absolute Gasteiger partial charge is 0.254 e. The maximum absolute atomic E-state index is 13.8. The molecule has 126 valence electrons. The van der Waals surface area contributed by atoms with Crippen molar-refractivity contribution in [1.82, 2.24) is 14.8 Å². The van der Waals surface area contributed by atoms with Crippen LogP contribution in [0, 0.1) is 11.7 Å². The molecule has 0 spiro atoms. The number of aryl methyl sites for hydroxylation is 1. The molecule has 0 aliphatic carbocycles. The Morgan fingerprint density at radius 3 is 2.79 bits per heavy atom. The molecule has 1 N–H and O–H groups in total. The highest BCUT2D eigenvalue weighted by atomic mass is 19.1. The predicted molar refractivity (Wildman–Crippen MR) is 90.6 cm³/mol. The number of benzene rings is 1. The van der Waals surface area contributed by atoms with Gasteiger partial charge in [0, 0.05) is 35.7 Å². The number of fused-ring (bicyclic) bond motifs is 6. The van der Waals surface area contributed by atoms with Gasteiger partial charge in [-0.1, -0.05) is 0 Å². The number of aromatic nitrogens is 1. The summed E-state index contributed by atoms with van der Waals surface area (Å²) >= 11 is 0. The van der Waals surface area contributed by atoms with Crippen LogP contribution in [0.4, 0.5) is 4.39 Å². The molecule has 4 aliphatic rings. The van der Waals surface area contributed by atoms with Crippen LogP contribution < -0.4 is 5.32 Å². The molecule has 0 radical (unpaired) electrons. The molecule has 2 bridgehead atoms. The van der Waals surface area contributed by atoms with E-state index in [4.69, 9.17) is 0 Å². The number of amides is 1. The van der Waals surface area contributed by atoms with E-state index >= 15 is 0 Å². The molecule has 0 saturated carbocycles. The summed E-state index contributed by atoms with van der Waals surface area (Å²) in [5.41, 5.74) is 2.77. The second-order valence-electron chi connectivity index (χ2n) is 7.46. The molecule has 4 aliphatic heterocycles. The van der Waals surface area contributed by atoms with Gasteiger partial charge in [0.1, 0.15) is 5.82 Å². The van der Waals surface area contributed by atoms with E-state index in [2.05, 4.69) is 14.8 Å². The van der Waals surface area contributed by atoms with Crippen molar-refractivity contribution < 1.29 is 9.18 Å². The number of hydrogen-bond donors (Lipinski definition) is 1. The van der Waals surface area contributed by atoms with Gasteiger partial charge in [0.2, 0.25) is 0 Å². The van der Waals surface area contributed by atoms with Crippen molar-refractivity contribution in [2.24, 2.45) is 5.92 Å². The lowest BCUT2D eigenvalue weighted by molar-refractivity contribution is 0.0621. The summed E-state index contributed by atoms with van der Waals surface area (Å²) in [6.07, 6.45) is 4.31. The van der Waals surface area contributed by atoms with E-state index in [-0.39, 0.29) is 17.8 Å². The molecule has 4 nitrogen and oxygen atoms in total. The molecule has 5 heterocycles. The van der Waals surface area contributed by atoms with E-state index in [1.165, 1.54) is 25.0 Å². The van der Waals surface area contributed by atoms with Crippen molar-refractivity contribution in [3.8, 4) is 0 Å². The standard InChI is InChI=1S/C19H22FN3O/c20-13-3-4-16-14(10-13)18(17-2-1-7-23(16)17)19(24)21-15-11-22-8-5-12(15)6-9-22/h3-4,10,12,15H,1-2,5-9,11H2,(H,21,24)/t15-/m1/s1. The third kappa shape index (κ3) is 2.10. The van der Waals surface area contributed by atoms with Gasteiger partial charge in [-0.05, 0) is 62.9 Å². The van der Waals surface area contributed by atoms with Crippen molar-refractivity contribution in [3.05, 3.63) is 35.3 Å². The van der Waals surface area contributed by atoms with Crippen LogP contribution in [-0.4, -0.2) is 41.1 Å². The molecule has 1 aromatic heterocycles. The zero-order valence-electron chi connectivity index (χ0n) is 13.7. The fourth-order valence-corrected chi connectivity index (χ4v) is 4.92. The Morgan fingerprint density at radius 2 is 2.04 bits per heavy atom. The zero-order chi connectivity index (χ0) is 16.3. The second kappa shape index (κ2) is 5.31. The summed E-state index contributed by atoms with van der Waals surface area (Å²) in [6, 6.07) is 5.06. The Morgan fingerprint density at radius 1 is 1.21 bits per heavy atom. The Hall–Kier alpha value is -1.88. The topological polar surface area (TPSA) is 37.3 Å². The van der Waals surface area contributed by atoms with Crippen molar-refractivity contribution in [2.45, 2.75) is 38.3 Å². The fraction of sp³-hybridized carbons (Fsp3) is 0.526. The number of piperidine rings is 3. The number of hydrogen-bond acceptors (Lipinski definition) is 2. The number of nitrogens with one attached hydrogen (secondary N) is 1. The normalized spacial score (nSPS) is 28.3. The molecule has 1 amide bonds. The van der Waals surface area contributed by atoms with Crippen molar-refractivity contribution in [2.75, 3.05) is 19.6 Å². The lowest BCUT2D eigenvalue weighted by Crippen LogP contribution is -2.57. The Balaban J connectivity index is 1.52. The minimum Gasteiger partial charge on any atom is -0.348 e. The average molecular weight is 327 g/mol. The van der Waals surface area contributed by atoms with Gasteiger partial charge in [-0.2, -0.15) is 0 Å². The number of carbonyl (C=O) groups excluding carboxylic acids is 1. The molecule has 6 rings (SSSR count). The van der Waals surface area contributed by atoms with Crippen LogP contribution in [0.15, 0.2) is 18.2 Å². The van der Waals surface area contributed by atoms with E-state index < -0.39 is 0 Å². The number of nitrogens with zero attached hydrogens (tertiary/aromatic N) is 2. The third-order valence-corrected chi connectivity index (χ3v) is 6.13. The lowest BCUT2D eigenvalue weighted by atomic mass is 9.84. The highest BCUT2D eigenvalue weighted by molar-refractivity contribution is 6.08. The van der Waals surface area contributed by atoms with E-state index in [9.17, 15) is 9.18 Å². The molecule has 24 heavy (non-hydrogen) atoms. The zero-order valence-corrected chi connectivity index (χ0v) is 13.7. The summed E-state index contributed by atoms with van der Waals surface area (Å²) in [5, 5.41) is 4.04. The van der Waals surface area contributed by atoms with Crippen LogP contribution >= 0.6 is 0 Å². The van der Waals surface area contributed by atoms with Crippen molar-refractivity contribution in [1.29, 1.82) is 0 Å². The maximum atomic E-state index is 13.8. The number of carbonyl (C=O) groups is 1. The monoisotopic (exact) mass is 327 g/mol. The van der Waals surface area contributed by atoms with Crippen LogP contribution in [0.1, 0.15) is 35.3 Å². The summed E-state index contributed by atoms with van der Waals surface area (Å²) in [6.45, 7) is 4.20. The van der Waals surface area contributed by atoms with Crippen molar-refractivity contribution in [3.63, 3.8) is 0 Å². The van der Waals surface area contributed by atoms with Crippen LogP contribution in [-0.2, 0) is 13.0 Å². The molecule has 5 heteroatoms. The first-order valence-electron chi connectivity index (χ1n) is 9.04. The van der Waals surface area contributed by atoms with Gasteiger partial charge in [-0.25, -0.2) is 4.39 Å². The summed E-state index contributed by atoms with van der Waals surface area (Å²) in [7, 11) is 0. The second-order valence-corrected chi connectivity index (χ2v) is 7.46. The Labute approximate surface area is 140 Å². The average Bonchev–Trinajstić information content (AvgIpc) is 3.15. The minimum absolute atomic E-state index is 0.0139. The SMILES string of the molecule is O=C(N[C@@H]1CN2CCC1CC2)c1c2n(c3ccc(F)cc13)CCC2. The molecular weight excluding hydrogens is 305 g/mol. The Bertz CT molecular complexity index is 820. The van der Waals surface area contributed by atoms with Gasteiger partial charge in [0.25, 0.3) is 5.91 Å². The molecular formula is C19H22FN3O. The molecule has 0 unspecified atom stereocenters. The third-order valence-electron chi connectivity index (χ3n) is 6.13. The predicted octanol–water partition coefficient (Wildman–Crippen LogP) is 2.55. The van der Waals surface area contributed by atoms with Gasteiger partial charge in [-0.15, -0.1) is 0 Å².